The predicted octanol–water partition coefficient (Wildman–Crippen LogP) is 0.482. The van der Waals surface area contributed by atoms with Crippen LogP contribution >= 0.6 is 0 Å². The summed E-state index contributed by atoms with van der Waals surface area (Å²) >= 11 is 0. The highest BCUT2D eigenvalue weighted by atomic mass is 32.2. The summed E-state index contributed by atoms with van der Waals surface area (Å²) in [5.41, 5.74) is 0.160. The lowest BCUT2D eigenvalue weighted by molar-refractivity contribution is -0.171. The highest BCUT2D eigenvalue weighted by Crippen LogP contribution is 2.19. The van der Waals surface area contributed by atoms with Crippen LogP contribution in [0.4, 0.5) is 0 Å². The molecule has 0 radical (unpaired) electrons. The minimum absolute atomic E-state index is 0.0310. The maximum absolute atomic E-state index is 12.8. The maximum Gasteiger partial charge on any atom is 0.268 e. The van der Waals surface area contributed by atoms with E-state index in [0.29, 0.717) is 13.2 Å². The van der Waals surface area contributed by atoms with Gasteiger partial charge in [-0.25, -0.2) is 13.5 Å². The summed E-state index contributed by atoms with van der Waals surface area (Å²) < 4.78 is 32.1. The van der Waals surface area contributed by atoms with Gasteiger partial charge in [0.05, 0.1) is 25.2 Å². The highest BCUT2D eigenvalue weighted by molar-refractivity contribution is 7.89. The molecule has 0 aromatic heterocycles. The number of hydrogen-bond acceptors (Lipinski definition) is 6. The molecule has 1 aromatic carbocycles. The number of likely N-dealkylation sites (N-methyl/N-ethyl adjacent to an activating group) is 1. The van der Waals surface area contributed by atoms with E-state index in [4.69, 9.17) is 9.57 Å². The Balaban J connectivity index is 2.22. The average molecular weight is 413 g/mol. The predicted molar refractivity (Wildman–Crippen MR) is 102 cm³/mol. The van der Waals surface area contributed by atoms with Gasteiger partial charge in [-0.15, -0.1) is 0 Å². The maximum atomic E-state index is 12.8. The number of morpholine rings is 1. The highest BCUT2D eigenvalue weighted by Gasteiger charge is 2.29. The molecule has 1 unspecified atom stereocenters. The number of carbonyl (C=O) groups excluding carboxylic acids is 2. The lowest BCUT2D eigenvalue weighted by atomic mass is 10.0. The first kappa shape index (κ1) is 22.3. The Morgan fingerprint density at radius 2 is 1.89 bits per heavy atom. The molecule has 10 heteroatoms. The van der Waals surface area contributed by atoms with Crippen molar-refractivity contribution in [1.29, 1.82) is 0 Å². The topological polar surface area (TPSA) is 105 Å². The van der Waals surface area contributed by atoms with Crippen molar-refractivity contribution in [3.63, 3.8) is 0 Å². The SMILES string of the molecule is CON(C)C(=O)C(NC(=O)c1cccc(S(=O)(=O)N2CCOCC2)c1)C(C)C. The summed E-state index contributed by atoms with van der Waals surface area (Å²) in [4.78, 5) is 30.0. The molecule has 1 heterocycles. The largest absolute Gasteiger partial charge is 0.379 e. The van der Waals surface area contributed by atoms with Crippen LogP contribution in [0.3, 0.4) is 0 Å². The summed E-state index contributed by atoms with van der Waals surface area (Å²) in [6.45, 7) is 4.81. The smallest absolute Gasteiger partial charge is 0.268 e. The third kappa shape index (κ3) is 5.07. The fourth-order valence-electron chi connectivity index (χ4n) is 2.76. The Kier molecular flexibility index (Phi) is 7.53. The molecule has 1 aliphatic heterocycles. The number of nitrogens with one attached hydrogen (secondary N) is 1. The van der Waals surface area contributed by atoms with Crippen molar-refractivity contribution in [1.82, 2.24) is 14.7 Å². The minimum atomic E-state index is -3.72. The van der Waals surface area contributed by atoms with Crippen LogP contribution in [-0.2, 0) is 24.4 Å². The number of amides is 2. The summed E-state index contributed by atoms with van der Waals surface area (Å²) in [5.74, 6) is -1.12. The van der Waals surface area contributed by atoms with Gasteiger partial charge < -0.3 is 10.1 Å². The number of carbonyl (C=O) groups is 2. The Labute approximate surface area is 165 Å². The number of benzene rings is 1. The Hall–Kier alpha value is -2.01. The first-order valence-corrected chi connectivity index (χ1v) is 10.4. The van der Waals surface area contributed by atoms with Gasteiger partial charge in [-0.1, -0.05) is 19.9 Å². The lowest BCUT2D eigenvalue weighted by Gasteiger charge is -2.26. The van der Waals surface area contributed by atoms with Crippen molar-refractivity contribution in [2.24, 2.45) is 5.92 Å². The molecule has 9 nitrogen and oxygen atoms in total. The fourth-order valence-corrected chi connectivity index (χ4v) is 4.21. The van der Waals surface area contributed by atoms with Crippen LogP contribution in [0.5, 0.6) is 0 Å². The van der Waals surface area contributed by atoms with Gasteiger partial charge in [0.2, 0.25) is 10.0 Å². The first-order chi connectivity index (χ1) is 13.2. The van der Waals surface area contributed by atoms with Gasteiger partial charge >= 0.3 is 0 Å². The van der Waals surface area contributed by atoms with Crippen molar-refractivity contribution < 1.29 is 27.6 Å². The second-order valence-electron chi connectivity index (χ2n) is 6.76. The van der Waals surface area contributed by atoms with E-state index >= 15 is 0 Å². The quantitative estimate of drug-likeness (QED) is 0.652. The van der Waals surface area contributed by atoms with Gasteiger partial charge in [-0.2, -0.15) is 4.31 Å². The molecule has 2 amide bonds. The summed E-state index contributed by atoms with van der Waals surface area (Å²) in [6, 6.07) is 4.98. The molecule has 28 heavy (non-hydrogen) atoms. The van der Waals surface area contributed by atoms with E-state index in [0.717, 1.165) is 5.06 Å². The van der Waals surface area contributed by atoms with Crippen LogP contribution in [-0.4, -0.2) is 76.1 Å². The van der Waals surface area contributed by atoms with Gasteiger partial charge in [0, 0.05) is 25.7 Å². The molecule has 1 fully saturated rings. The lowest BCUT2D eigenvalue weighted by Crippen LogP contribution is -2.50. The molecule has 1 aromatic rings. The van der Waals surface area contributed by atoms with Gasteiger partial charge in [0.15, 0.2) is 0 Å². The summed E-state index contributed by atoms with van der Waals surface area (Å²) in [5, 5.41) is 3.71. The standard InChI is InChI=1S/C18H27N3O6S/c1-13(2)16(18(23)20(3)26-4)19-17(22)14-6-5-7-15(12-14)28(24,25)21-8-10-27-11-9-21/h5-7,12-13,16H,8-11H2,1-4H3,(H,19,22). The number of hydrogen-bond donors (Lipinski definition) is 1. The van der Waals surface area contributed by atoms with Crippen LogP contribution < -0.4 is 5.32 Å². The zero-order chi connectivity index (χ0) is 20.9. The average Bonchev–Trinajstić information content (AvgIpc) is 2.71. The number of sulfonamides is 1. The van der Waals surface area contributed by atoms with Crippen molar-refractivity contribution >= 4 is 21.8 Å². The van der Waals surface area contributed by atoms with Gasteiger partial charge in [-0.3, -0.25) is 14.4 Å². The van der Waals surface area contributed by atoms with Gasteiger partial charge in [0.25, 0.3) is 11.8 Å². The Bertz CT molecular complexity index is 805. The van der Waals surface area contributed by atoms with Crippen molar-refractivity contribution in [2.75, 3.05) is 40.5 Å². The van der Waals surface area contributed by atoms with Gasteiger partial charge in [-0.05, 0) is 24.1 Å². The number of rotatable bonds is 7. The minimum Gasteiger partial charge on any atom is -0.379 e. The zero-order valence-corrected chi connectivity index (χ0v) is 17.4. The van der Waals surface area contributed by atoms with E-state index in [1.165, 1.54) is 42.7 Å². The van der Waals surface area contributed by atoms with E-state index in [1.54, 1.807) is 13.8 Å². The molecule has 1 saturated heterocycles. The number of ether oxygens (including phenoxy) is 1. The molecule has 0 aliphatic carbocycles. The second kappa shape index (κ2) is 9.46. The van der Waals surface area contributed by atoms with E-state index in [9.17, 15) is 18.0 Å². The molecule has 2 rings (SSSR count). The third-order valence-corrected chi connectivity index (χ3v) is 6.40. The van der Waals surface area contributed by atoms with Crippen LogP contribution in [0.15, 0.2) is 29.2 Å². The fraction of sp³-hybridized carbons (Fsp3) is 0.556. The normalized spacial score (nSPS) is 16.6. The molecule has 1 N–H and O–H groups in total. The van der Waals surface area contributed by atoms with Gasteiger partial charge in [0.1, 0.15) is 6.04 Å². The van der Waals surface area contributed by atoms with Crippen molar-refractivity contribution in [3.05, 3.63) is 29.8 Å². The van der Waals surface area contributed by atoms with Crippen LogP contribution in [0, 0.1) is 5.92 Å². The van der Waals surface area contributed by atoms with E-state index in [2.05, 4.69) is 5.32 Å². The van der Waals surface area contributed by atoms with Crippen molar-refractivity contribution in [3.8, 4) is 0 Å². The molecule has 0 saturated carbocycles. The van der Waals surface area contributed by atoms with Crippen molar-refractivity contribution in [2.45, 2.75) is 24.8 Å². The Morgan fingerprint density at radius 3 is 2.46 bits per heavy atom. The molecular weight excluding hydrogens is 386 g/mol. The molecule has 1 aliphatic rings. The zero-order valence-electron chi connectivity index (χ0n) is 16.5. The summed E-state index contributed by atoms with van der Waals surface area (Å²) in [6.07, 6.45) is 0. The van der Waals surface area contributed by atoms with E-state index < -0.39 is 27.9 Å². The third-order valence-electron chi connectivity index (χ3n) is 4.51. The summed E-state index contributed by atoms with van der Waals surface area (Å²) in [7, 11) is -0.902. The van der Waals surface area contributed by atoms with Crippen LogP contribution in [0.2, 0.25) is 0 Å². The van der Waals surface area contributed by atoms with Crippen LogP contribution in [0.1, 0.15) is 24.2 Å². The molecule has 0 bridgehead atoms. The van der Waals surface area contributed by atoms with Crippen LogP contribution in [0.25, 0.3) is 0 Å². The second-order valence-corrected chi connectivity index (χ2v) is 8.70. The number of nitrogens with zero attached hydrogens (tertiary/aromatic N) is 2. The molecule has 156 valence electrons. The Morgan fingerprint density at radius 1 is 1.25 bits per heavy atom. The first-order valence-electron chi connectivity index (χ1n) is 8.99. The molecular formula is C18H27N3O6S. The van der Waals surface area contributed by atoms with E-state index in [-0.39, 0.29) is 29.5 Å². The van der Waals surface area contributed by atoms with E-state index in [1.807, 2.05) is 0 Å². The molecule has 1 atom stereocenters. The molecule has 0 spiro atoms. The monoisotopic (exact) mass is 413 g/mol. The number of hydroxylamine groups is 2.